The SMILES string of the molecule is CCCCN(C)C(=NC)NCC1(OC)CCOCC1. The Morgan fingerprint density at radius 2 is 2.11 bits per heavy atom. The van der Waals surface area contributed by atoms with Gasteiger partial charge in [-0.15, -0.1) is 0 Å². The Morgan fingerprint density at radius 3 is 2.63 bits per heavy atom. The molecule has 0 bridgehead atoms. The van der Waals surface area contributed by atoms with Crippen LogP contribution in [0.5, 0.6) is 0 Å². The van der Waals surface area contributed by atoms with Crippen LogP contribution in [0, 0.1) is 0 Å². The lowest BCUT2D eigenvalue weighted by Crippen LogP contribution is -2.51. The van der Waals surface area contributed by atoms with E-state index in [2.05, 4.69) is 29.2 Å². The molecule has 0 aromatic rings. The van der Waals surface area contributed by atoms with Crippen molar-refractivity contribution in [1.82, 2.24) is 10.2 Å². The standard InChI is InChI=1S/C14H29N3O2/c1-5-6-9-17(3)13(15-2)16-12-14(18-4)7-10-19-11-8-14/h5-12H2,1-4H3,(H,15,16). The third kappa shape index (κ3) is 4.99. The molecule has 1 aliphatic heterocycles. The second-order valence-electron chi connectivity index (χ2n) is 5.18. The molecule has 0 atom stereocenters. The number of nitrogens with one attached hydrogen (secondary N) is 1. The smallest absolute Gasteiger partial charge is 0.193 e. The Morgan fingerprint density at radius 1 is 1.42 bits per heavy atom. The Balaban J connectivity index is 2.47. The maximum absolute atomic E-state index is 5.72. The third-order valence-corrected chi connectivity index (χ3v) is 3.83. The first kappa shape index (κ1) is 16.2. The van der Waals surface area contributed by atoms with Gasteiger partial charge in [0, 0.05) is 60.4 Å². The first-order valence-corrected chi connectivity index (χ1v) is 7.22. The maximum Gasteiger partial charge on any atom is 0.193 e. The molecule has 1 N–H and O–H groups in total. The van der Waals surface area contributed by atoms with Crippen molar-refractivity contribution < 1.29 is 9.47 Å². The zero-order chi connectivity index (χ0) is 14.1. The topological polar surface area (TPSA) is 46.1 Å². The molecule has 19 heavy (non-hydrogen) atoms. The minimum atomic E-state index is -0.111. The van der Waals surface area contributed by atoms with E-state index in [0.717, 1.165) is 45.1 Å². The molecule has 1 fully saturated rings. The highest BCUT2D eigenvalue weighted by Crippen LogP contribution is 2.23. The number of aliphatic imine (C=N–C) groups is 1. The number of nitrogens with zero attached hydrogens (tertiary/aromatic N) is 2. The van der Waals surface area contributed by atoms with Crippen molar-refractivity contribution in [2.45, 2.75) is 38.2 Å². The fourth-order valence-corrected chi connectivity index (χ4v) is 2.32. The third-order valence-electron chi connectivity index (χ3n) is 3.83. The molecule has 0 aromatic heterocycles. The first-order chi connectivity index (χ1) is 9.17. The summed E-state index contributed by atoms with van der Waals surface area (Å²) >= 11 is 0. The van der Waals surface area contributed by atoms with Gasteiger partial charge >= 0.3 is 0 Å². The second kappa shape index (κ2) is 8.38. The Labute approximate surface area is 117 Å². The number of ether oxygens (including phenoxy) is 2. The van der Waals surface area contributed by atoms with Crippen LogP contribution >= 0.6 is 0 Å². The first-order valence-electron chi connectivity index (χ1n) is 7.22. The van der Waals surface area contributed by atoms with Crippen molar-refractivity contribution in [2.24, 2.45) is 4.99 Å². The van der Waals surface area contributed by atoms with Crippen LogP contribution in [0.4, 0.5) is 0 Å². The van der Waals surface area contributed by atoms with E-state index in [1.54, 1.807) is 7.11 Å². The van der Waals surface area contributed by atoms with E-state index in [9.17, 15) is 0 Å². The van der Waals surface area contributed by atoms with Gasteiger partial charge in [-0.2, -0.15) is 0 Å². The molecule has 0 radical (unpaired) electrons. The van der Waals surface area contributed by atoms with Crippen molar-refractivity contribution in [1.29, 1.82) is 0 Å². The fraction of sp³-hybridized carbons (Fsp3) is 0.929. The van der Waals surface area contributed by atoms with Gasteiger partial charge in [0.2, 0.25) is 0 Å². The van der Waals surface area contributed by atoms with Gasteiger partial charge in [0.15, 0.2) is 5.96 Å². The van der Waals surface area contributed by atoms with Gasteiger partial charge in [0.25, 0.3) is 0 Å². The monoisotopic (exact) mass is 271 g/mol. The molecular formula is C14H29N3O2. The molecule has 1 heterocycles. The molecule has 0 unspecified atom stereocenters. The summed E-state index contributed by atoms with van der Waals surface area (Å²) in [6.07, 6.45) is 4.25. The van der Waals surface area contributed by atoms with Crippen molar-refractivity contribution in [3.05, 3.63) is 0 Å². The van der Waals surface area contributed by atoms with Gasteiger partial charge < -0.3 is 19.7 Å². The zero-order valence-electron chi connectivity index (χ0n) is 12.9. The maximum atomic E-state index is 5.72. The molecule has 112 valence electrons. The lowest BCUT2D eigenvalue weighted by Gasteiger charge is -2.37. The molecule has 0 amide bonds. The van der Waals surface area contributed by atoms with Gasteiger partial charge in [0.05, 0.1) is 5.60 Å². The molecule has 0 aliphatic carbocycles. The quantitative estimate of drug-likeness (QED) is 0.587. The highest BCUT2D eigenvalue weighted by Gasteiger charge is 2.32. The molecule has 1 rings (SSSR count). The van der Waals surface area contributed by atoms with E-state index in [-0.39, 0.29) is 5.60 Å². The summed E-state index contributed by atoms with van der Waals surface area (Å²) in [7, 11) is 5.69. The number of guanidine groups is 1. The van der Waals surface area contributed by atoms with Crippen molar-refractivity contribution >= 4 is 5.96 Å². The molecule has 0 saturated carbocycles. The number of methoxy groups -OCH3 is 1. The van der Waals surface area contributed by atoms with E-state index >= 15 is 0 Å². The number of unbranched alkanes of at least 4 members (excludes halogenated alkanes) is 1. The van der Waals surface area contributed by atoms with Crippen LogP contribution in [0.15, 0.2) is 4.99 Å². The van der Waals surface area contributed by atoms with Crippen LogP contribution < -0.4 is 5.32 Å². The van der Waals surface area contributed by atoms with E-state index in [4.69, 9.17) is 9.47 Å². The summed E-state index contributed by atoms with van der Waals surface area (Å²) in [6, 6.07) is 0. The van der Waals surface area contributed by atoms with Crippen LogP contribution in [0.25, 0.3) is 0 Å². The molecular weight excluding hydrogens is 242 g/mol. The molecule has 5 heteroatoms. The lowest BCUT2D eigenvalue weighted by molar-refractivity contribution is -0.0857. The van der Waals surface area contributed by atoms with Crippen LogP contribution in [0.1, 0.15) is 32.6 Å². The van der Waals surface area contributed by atoms with Crippen LogP contribution in [-0.2, 0) is 9.47 Å². The summed E-state index contributed by atoms with van der Waals surface area (Å²) in [6.45, 7) is 5.57. The van der Waals surface area contributed by atoms with Crippen molar-refractivity contribution in [2.75, 3.05) is 47.5 Å². The van der Waals surface area contributed by atoms with Gasteiger partial charge in [0.1, 0.15) is 0 Å². The highest BCUT2D eigenvalue weighted by molar-refractivity contribution is 5.79. The summed E-state index contributed by atoms with van der Waals surface area (Å²) in [5.41, 5.74) is -0.111. The van der Waals surface area contributed by atoms with Gasteiger partial charge in [-0.05, 0) is 6.42 Å². The van der Waals surface area contributed by atoms with E-state index in [0.29, 0.717) is 0 Å². The normalized spacial score (nSPS) is 19.3. The zero-order valence-corrected chi connectivity index (χ0v) is 12.9. The largest absolute Gasteiger partial charge is 0.381 e. The average molecular weight is 271 g/mol. The predicted molar refractivity (Wildman–Crippen MR) is 78.7 cm³/mol. The van der Waals surface area contributed by atoms with Crippen molar-refractivity contribution in [3.8, 4) is 0 Å². The van der Waals surface area contributed by atoms with E-state index in [1.165, 1.54) is 12.8 Å². The second-order valence-corrected chi connectivity index (χ2v) is 5.18. The summed E-state index contributed by atoms with van der Waals surface area (Å²) in [5, 5.41) is 3.43. The Hall–Kier alpha value is -0.810. The predicted octanol–water partition coefficient (Wildman–Crippen LogP) is 1.49. The van der Waals surface area contributed by atoms with Crippen LogP contribution in [-0.4, -0.2) is 64.0 Å². The molecule has 1 saturated heterocycles. The van der Waals surface area contributed by atoms with Crippen molar-refractivity contribution in [3.63, 3.8) is 0 Å². The average Bonchev–Trinajstić information content (AvgIpc) is 2.46. The Kier molecular flexibility index (Phi) is 7.16. The number of hydrogen-bond acceptors (Lipinski definition) is 3. The number of rotatable bonds is 6. The lowest BCUT2D eigenvalue weighted by atomic mass is 9.94. The summed E-state index contributed by atoms with van der Waals surface area (Å²) < 4.78 is 11.1. The van der Waals surface area contributed by atoms with Crippen LogP contribution in [0.2, 0.25) is 0 Å². The molecule has 0 spiro atoms. The fourth-order valence-electron chi connectivity index (χ4n) is 2.32. The molecule has 5 nitrogen and oxygen atoms in total. The van der Waals surface area contributed by atoms with Gasteiger partial charge in [-0.25, -0.2) is 0 Å². The summed E-state index contributed by atoms with van der Waals surface area (Å²) in [4.78, 5) is 6.51. The van der Waals surface area contributed by atoms with Gasteiger partial charge in [-0.3, -0.25) is 4.99 Å². The van der Waals surface area contributed by atoms with E-state index in [1.807, 2.05) is 7.05 Å². The summed E-state index contributed by atoms with van der Waals surface area (Å²) in [5.74, 6) is 0.941. The highest BCUT2D eigenvalue weighted by atomic mass is 16.5. The minimum absolute atomic E-state index is 0.111. The van der Waals surface area contributed by atoms with E-state index < -0.39 is 0 Å². The van der Waals surface area contributed by atoms with Gasteiger partial charge in [-0.1, -0.05) is 13.3 Å². The number of hydrogen-bond donors (Lipinski definition) is 1. The molecule has 0 aromatic carbocycles. The van der Waals surface area contributed by atoms with Crippen LogP contribution in [0.3, 0.4) is 0 Å². The minimum Gasteiger partial charge on any atom is -0.381 e. The molecule has 1 aliphatic rings. The Bertz CT molecular complexity index is 276.